The predicted molar refractivity (Wildman–Crippen MR) is 100 cm³/mol. The summed E-state index contributed by atoms with van der Waals surface area (Å²) in [4.78, 5) is 35.2. The molecule has 182 valence electrons. The lowest BCUT2D eigenvalue weighted by molar-refractivity contribution is -0.337. The number of hydrogen-bond donors (Lipinski definition) is 0. The van der Waals surface area contributed by atoms with Crippen molar-refractivity contribution in [2.45, 2.75) is 88.4 Å². The monoisotopic (exact) mass is 472 g/mol. The summed E-state index contributed by atoms with van der Waals surface area (Å²) in [6, 6.07) is 0. The molecule has 0 aromatic heterocycles. The number of halogens is 2. The van der Waals surface area contributed by atoms with E-state index in [4.69, 9.17) is 28.4 Å². The molecule has 0 N–H and O–H groups in total. The Labute approximate surface area is 188 Å². The topological polar surface area (TPSA) is 107 Å². The van der Waals surface area contributed by atoms with Gasteiger partial charge in [-0.1, -0.05) is 0 Å². The number of rotatable bonds is 4. The second-order valence-electron chi connectivity index (χ2n) is 10.6. The minimum atomic E-state index is -3.52. The van der Waals surface area contributed by atoms with Crippen LogP contribution in [-0.4, -0.2) is 66.9 Å². The fourth-order valence-electron chi connectivity index (χ4n) is 7.29. The smallest absolute Gasteiger partial charge is 0.376 e. The first kappa shape index (κ1) is 21.7. The molecule has 1 spiro atoms. The molecule has 4 aliphatic carbocycles. The molecular formula is C22H26F2O9. The number of hydrogen-bond acceptors (Lipinski definition) is 9. The minimum Gasteiger partial charge on any atom is -0.461 e. The van der Waals surface area contributed by atoms with Crippen molar-refractivity contribution >= 4 is 17.9 Å². The average molecular weight is 472 g/mol. The molecule has 33 heavy (non-hydrogen) atoms. The highest BCUT2D eigenvalue weighted by Gasteiger charge is 2.72. The van der Waals surface area contributed by atoms with Crippen LogP contribution in [0.15, 0.2) is 0 Å². The van der Waals surface area contributed by atoms with E-state index in [2.05, 4.69) is 0 Å². The lowest BCUT2D eigenvalue weighted by Gasteiger charge is -2.62. The zero-order chi connectivity index (χ0) is 23.3. The van der Waals surface area contributed by atoms with Gasteiger partial charge in [-0.15, -0.1) is 0 Å². The lowest BCUT2D eigenvalue weighted by atomic mass is 9.47. The van der Waals surface area contributed by atoms with Gasteiger partial charge in [-0.25, -0.2) is 9.59 Å². The SMILES string of the molecule is CC(=O)OC1C(=O)OC2C3OC4(OC3OC12)C1CC2CC4CC(COC(=O)C(C)(F)F)(C2)C1. The molecule has 4 bridgehead atoms. The zero-order valence-electron chi connectivity index (χ0n) is 18.3. The molecule has 11 heteroatoms. The lowest BCUT2D eigenvalue weighted by Crippen LogP contribution is -2.63. The molecule has 0 aromatic carbocycles. The Morgan fingerprint density at radius 3 is 2.42 bits per heavy atom. The van der Waals surface area contributed by atoms with E-state index in [0.29, 0.717) is 25.7 Å². The molecular weight excluding hydrogens is 446 g/mol. The summed E-state index contributed by atoms with van der Waals surface area (Å²) >= 11 is 0. The molecule has 3 saturated heterocycles. The van der Waals surface area contributed by atoms with E-state index in [1.165, 1.54) is 6.92 Å². The van der Waals surface area contributed by atoms with Gasteiger partial charge < -0.3 is 28.4 Å². The van der Waals surface area contributed by atoms with E-state index in [1.807, 2.05) is 0 Å². The van der Waals surface area contributed by atoms with Gasteiger partial charge in [-0.05, 0) is 38.0 Å². The highest BCUT2D eigenvalue weighted by molar-refractivity contribution is 5.81. The van der Waals surface area contributed by atoms with Crippen LogP contribution in [0.2, 0.25) is 0 Å². The average Bonchev–Trinajstić information content (AvgIpc) is 3.32. The van der Waals surface area contributed by atoms with Gasteiger partial charge in [-0.2, -0.15) is 8.78 Å². The summed E-state index contributed by atoms with van der Waals surface area (Å²) in [6.07, 6.45) is -0.238. The van der Waals surface area contributed by atoms with E-state index in [-0.39, 0.29) is 23.9 Å². The fourth-order valence-corrected chi connectivity index (χ4v) is 7.29. The van der Waals surface area contributed by atoms with E-state index >= 15 is 0 Å². The third-order valence-electron chi connectivity index (χ3n) is 8.23. The van der Waals surface area contributed by atoms with Gasteiger partial charge in [0, 0.05) is 31.1 Å². The molecule has 7 fully saturated rings. The van der Waals surface area contributed by atoms with E-state index < -0.39 is 60.3 Å². The van der Waals surface area contributed by atoms with Crippen LogP contribution < -0.4 is 0 Å². The maximum Gasteiger partial charge on any atom is 0.376 e. The standard InChI is InChI=1S/C22H26F2O9/c1-9(25)29-15-13-14(30-17(15)26)16-18(31-13)33-22(32-16)11-3-10-4-12(22)7-21(5-10,6-11)8-28-19(27)20(2,23)24/h10-16,18H,3-8H2,1-2H3. The maximum absolute atomic E-state index is 13.3. The van der Waals surface area contributed by atoms with Crippen molar-refractivity contribution in [2.24, 2.45) is 23.2 Å². The summed E-state index contributed by atoms with van der Waals surface area (Å²) in [6.45, 7) is 1.71. The van der Waals surface area contributed by atoms with Gasteiger partial charge >= 0.3 is 23.8 Å². The summed E-state index contributed by atoms with van der Waals surface area (Å²) in [5.74, 6) is -6.85. The molecule has 7 unspecified atom stereocenters. The molecule has 3 heterocycles. The first-order chi connectivity index (χ1) is 15.5. The van der Waals surface area contributed by atoms with E-state index in [0.717, 1.165) is 19.3 Å². The number of esters is 3. The number of carbonyl (C=O) groups is 3. The number of carbonyl (C=O) groups excluding carboxylic acids is 3. The highest BCUT2D eigenvalue weighted by Crippen LogP contribution is 2.67. The van der Waals surface area contributed by atoms with Gasteiger partial charge in [0.1, 0.15) is 6.10 Å². The van der Waals surface area contributed by atoms with Crippen molar-refractivity contribution in [3.05, 3.63) is 0 Å². The molecule has 7 aliphatic rings. The van der Waals surface area contributed by atoms with E-state index in [9.17, 15) is 23.2 Å². The van der Waals surface area contributed by atoms with Crippen LogP contribution in [0, 0.1) is 23.2 Å². The van der Waals surface area contributed by atoms with Crippen LogP contribution in [0.1, 0.15) is 46.0 Å². The van der Waals surface area contributed by atoms with Crippen LogP contribution in [0.4, 0.5) is 8.78 Å². The Kier molecular flexibility index (Phi) is 4.50. The van der Waals surface area contributed by atoms with Crippen LogP contribution in [0.25, 0.3) is 0 Å². The van der Waals surface area contributed by atoms with Crippen LogP contribution in [-0.2, 0) is 42.8 Å². The Morgan fingerprint density at radius 1 is 1.09 bits per heavy atom. The normalized spacial score (nSPS) is 49.2. The van der Waals surface area contributed by atoms with E-state index in [1.54, 1.807) is 0 Å². The predicted octanol–water partition coefficient (Wildman–Crippen LogP) is 1.70. The summed E-state index contributed by atoms with van der Waals surface area (Å²) in [7, 11) is 0. The Bertz CT molecular complexity index is 885. The van der Waals surface area contributed by atoms with Crippen molar-refractivity contribution in [3.63, 3.8) is 0 Å². The fraction of sp³-hybridized carbons (Fsp3) is 0.864. The second-order valence-corrected chi connectivity index (χ2v) is 10.6. The van der Waals surface area contributed by atoms with Gasteiger partial charge in [0.05, 0.1) is 6.61 Å². The van der Waals surface area contributed by atoms with Gasteiger partial charge in [0.25, 0.3) is 0 Å². The second kappa shape index (κ2) is 6.85. The van der Waals surface area contributed by atoms with Gasteiger partial charge in [0.15, 0.2) is 24.3 Å². The molecule has 7 atom stereocenters. The first-order valence-electron chi connectivity index (χ1n) is 11.4. The minimum absolute atomic E-state index is 0.0152. The van der Waals surface area contributed by atoms with Crippen molar-refractivity contribution < 1.29 is 51.6 Å². The molecule has 0 amide bonds. The molecule has 9 nitrogen and oxygen atoms in total. The van der Waals surface area contributed by atoms with Crippen molar-refractivity contribution in [1.29, 1.82) is 0 Å². The van der Waals surface area contributed by atoms with Crippen molar-refractivity contribution in [3.8, 4) is 0 Å². The molecule has 4 saturated carbocycles. The molecule has 3 aliphatic heterocycles. The van der Waals surface area contributed by atoms with Crippen LogP contribution >= 0.6 is 0 Å². The first-order valence-corrected chi connectivity index (χ1v) is 11.4. The quantitative estimate of drug-likeness (QED) is 0.446. The summed E-state index contributed by atoms with van der Waals surface area (Å²) in [5.41, 5.74) is -0.364. The van der Waals surface area contributed by atoms with Crippen molar-refractivity contribution in [1.82, 2.24) is 0 Å². The zero-order valence-corrected chi connectivity index (χ0v) is 18.3. The third kappa shape index (κ3) is 3.15. The Balaban J connectivity index is 1.18. The van der Waals surface area contributed by atoms with Gasteiger partial charge in [0.2, 0.25) is 6.10 Å². The van der Waals surface area contributed by atoms with Crippen molar-refractivity contribution in [2.75, 3.05) is 6.61 Å². The molecule has 0 radical (unpaired) electrons. The number of alkyl halides is 2. The van der Waals surface area contributed by atoms with Gasteiger partial charge in [-0.3, -0.25) is 4.79 Å². The number of ether oxygens (including phenoxy) is 6. The van der Waals surface area contributed by atoms with Crippen LogP contribution in [0.5, 0.6) is 0 Å². The maximum atomic E-state index is 13.3. The molecule has 7 rings (SSSR count). The molecule has 0 aromatic rings. The highest BCUT2D eigenvalue weighted by atomic mass is 19.3. The van der Waals surface area contributed by atoms with Crippen LogP contribution in [0.3, 0.4) is 0 Å². The summed E-state index contributed by atoms with van der Waals surface area (Å²) in [5, 5.41) is 0. The number of fused-ring (bicyclic) bond motifs is 3. The largest absolute Gasteiger partial charge is 0.461 e. The Hall–Kier alpha value is -1.85. The third-order valence-corrected chi connectivity index (χ3v) is 8.23. The summed E-state index contributed by atoms with van der Waals surface area (Å²) < 4.78 is 61.0. The Morgan fingerprint density at radius 2 is 1.79 bits per heavy atom.